The van der Waals surface area contributed by atoms with Gasteiger partial charge in [-0.15, -0.1) is 0 Å². The lowest BCUT2D eigenvalue weighted by molar-refractivity contribution is 0.305. The van der Waals surface area contributed by atoms with Gasteiger partial charge in [0.2, 0.25) is 0 Å². The number of nitrogens with zero attached hydrogens (tertiary/aromatic N) is 2. The maximum Gasteiger partial charge on any atom is 0.138 e. The molecule has 0 aliphatic rings. The zero-order chi connectivity index (χ0) is 14.7. The number of aryl methyl sites for hydroxylation is 1. The van der Waals surface area contributed by atoms with Crippen molar-refractivity contribution in [2.24, 2.45) is 0 Å². The molecule has 3 nitrogen and oxygen atoms in total. The summed E-state index contributed by atoms with van der Waals surface area (Å²) in [5.41, 5.74) is 3.76. The second-order valence-corrected chi connectivity index (χ2v) is 4.91. The standard InChI is InChI=1S/C18H14N2O/c1-13-8-14(10-19)6-7-16(13)12-21-17-9-15-4-2-3-5-18(15)20-11-17/h2-9,11H,12H2,1H3. The van der Waals surface area contributed by atoms with Crippen LogP contribution in [-0.2, 0) is 6.61 Å². The largest absolute Gasteiger partial charge is 0.487 e. The topological polar surface area (TPSA) is 45.9 Å². The fraction of sp³-hybridized carbons (Fsp3) is 0.111. The number of rotatable bonds is 3. The Kier molecular flexibility index (Phi) is 3.53. The molecule has 0 spiro atoms. The van der Waals surface area contributed by atoms with Crippen molar-refractivity contribution in [3.63, 3.8) is 0 Å². The number of pyridine rings is 1. The van der Waals surface area contributed by atoms with E-state index in [9.17, 15) is 0 Å². The molecule has 0 N–H and O–H groups in total. The molecule has 3 rings (SSSR count). The third-order valence-electron chi connectivity index (χ3n) is 3.43. The molecule has 102 valence electrons. The molecule has 0 fully saturated rings. The zero-order valence-corrected chi connectivity index (χ0v) is 11.7. The van der Waals surface area contributed by atoms with E-state index < -0.39 is 0 Å². The maximum atomic E-state index is 8.87. The summed E-state index contributed by atoms with van der Waals surface area (Å²) in [6.07, 6.45) is 1.74. The van der Waals surface area contributed by atoms with Crippen LogP contribution in [-0.4, -0.2) is 4.98 Å². The SMILES string of the molecule is Cc1cc(C#N)ccc1COc1cnc2ccccc2c1. The van der Waals surface area contributed by atoms with Crippen molar-refractivity contribution in [1.29, 1.82) is 5.26 Å². The van der Waals surface area contributed by atoms with Gasteiger partial charge in [0.1, 0.15) is 12.4 Å². The van der Waals surface area contributed by atoms with Gasteiger partial charge < -0.3 is 4.74 Å². The van der Waals surface area contributed by atoms with Gasteiger partial charge in [-0.2, -0.15) is 5.26 Å². The summed E-state index contributed by atoms with van der Waals surface area (Å²) >= 11 is 0. The highest BCUT2D eigenvalue weighted by Crippen LogP contribution is 2.20. The molecule has 0 amide bonds. The second kappa shape index (κ2) is 5.64. The Bertz CT molecular complexity index is 834. The summed E-state index contributed by atoms with van der Waals surface area (Å²) in [6, 6.07) is 17.7. The third kappa shape index (κ3) is 2.85. The van der Waals surface area contributed by atoms with Crippen LogP contribution in [0.2, 0.25) is 0 Å². The van der Waals surface area contributed by atoms with Gasteiger partial charge in [0.25, 0.3) is 0 Å². The van der Waals surface area contributed by atoms with E-state index >= 15 is 0 Å². The first-order chi connectivity index (χ1) is 10.3. The highest BCUT2D eigenvalue weighted by atomic mass is 16.5. The monoisotopic (exact) mass is 274 g/mol. The number of nitriles is 1. The fourth-order valence-electron chi connectivity index (χ4n) is 2.22. The molecule has 0 saturated heterocycles. The van der Waals surface area contributed by atoms with Crippen LogP contribution in [0.25, 0.3) is 10.9 Å². The van der Waals surface area contributed by atoms with E-state index in [1.54, 1.807) is 6.20 Å². The summed E-state index contributed by atoms with van der Waals surface area (Å²) in [5.74, 6) is 0.748. The molecule has 0 aliphatic carbocycles. The van der Waals surface area contributed by atoms with E-state index in [1.165, 1.54) is 0 Å². The van der Waals surface area contributed by atoms with Crippen molar-refractivity contribution in [3.8, 4) is 11.8 Å². The Morgan fingerprint density at radius 3 is 2.81 bits per heavy atom. The minimum atomic E-state index is 0.470. The summed E-state index contributed by atoms with van der Waals surface area (Å²) in [7, 11) is 0. The molecule has 1 heterocycles. The Morgan fingerprint density at radius 1 is 1.14 bits per heavy atom. The van der Waals surface area contributed by atoms with E-state index in [0.717, 1.165) is 27.8 Å². The van der Waals surface area contributed by atoms with Gasteiger partial charge in [-0.25, -0.2) is 0 Å². The lowest BCUT2D eigenvalue weighted by Crippen LogP contribution is -1.98. The van der Waals surface area contributed by atoms with Crippen molar-refractivity contribution < 1.29 is 4.74 Å². The molecular formula is C18H14N2O. The molecule has 0 atom stereocenters. The van der Waals surface area contributed by atoms with Gasteiger partial charge in [0, 0.05) is 5.39 Å². The molecule has 0 saturated carbocycles. The first-order valence-electron chi connectivity index (χ1n) is 6.73. The minimum Gasteiger partial charge on any atom is -0.487 e. The molecule has 3 heteroatoms. The van der Waals surface area contributed by atoms with Gasteiger partial charge in [0.15, 0.2) is 0 Å². The number of ether oxygens (including phenoxy) is 1. The van der Waals surface area contributed by atoms with Crippen molar-refractivity contribution in [3.05, 3.63) is 71.4 Å². The summed E-state index contributed by atoms with van der Waals surface area (Å²) in [5, 5.41) is 9.93. The number of para-hydroxylation sites is 1. The average molecular weight is 274 g/mol. The molecule has 0 unspecified atom stereocenters. The summed E-state index contributed by atoms with van der Waals surface area (Å²) < 4.78 is 5.81. The van der Waals surface area contributed by atoms with Gasteiger partial charge in [-0.05, 0) is 42.3 Å². The van der Waals surface area contributed by atoms with Crippen molar-refractivity contribution in [1.82, 2.24) is 4.98 Å². The van der Waals surface area contributed by atoms with Crippen LogP contribution < -0.4 is 4.74 Å². The summed E-state index contributed by atoms with van der Waals surface area (Å²) in [6.45, 7) is 2.45. The smallest absolute Gasteiger partial charge is 0.138 e. The van der Waals surface area contributed by atoms with Crippen LogP contribution in [0.5, 0.6) is 5.75 Å². The Morgan fingerprint density at radius 2 is 2.00 bits per heavy atom. The van der Waals surface area contributed by atoms with Crippen molar-refractivity contribution >= 4 is 10.9 Å². The molecule has 0 radical (unpaired) electrons. The molecule has 21 heavy (non-hydrogen) atoms. The molecule has 2 aromatic carbocycles. The lowest BCUT2D eigenvalue weighted by atomic mass is 10.1. The Balaban J connectivity index is 1.78. The zero-order valence-electron chi connectivity index (χ0n) is 11.7. The maximum absolute atomic E-state index is 8.87. The van der Waals surface area contributed by atoms with Crippen LogP contribution in [0.3, 0.4) is 0 Å². The predicted octanol–water partition coefficient (Wildman–Crippen LogP) is 3.99. The number of benzene rings is 2. The van der Waals surface area contributed by atoms with Gasteiger partial charge in [-0.3, -0.25) is 4.98 Å². The van der Waals surface area contributed by atoms with Gasteiger partial charge in [0.05, 0.1) is 23.3 Å². The molecule has 3 aromatic rings. The minimum absolute atomic E-state index is 0.470. The van der Waals surface area contributed by atoms with Crippen LogP contribution >= 0.6 is 0 Å². The number of hydrogen-bond acceptors (Lipinski definition) is 3. The van der Waals surface area contributed by atoms with Crippen molar-refractivity contribution in [2.75, 3.05) is 0 Å². The van der Waals surface area contributed by atoms with E-state index in [2.05, 4.69) is 11.1 Å². The first-order valence-corrected chi connectivity index (χ1v) is 6.73. The van der Waals surface area contributed by atoms with E-state index in [0.29, 0.717) is 12.2 Å². The van der Waals surface area contributed by atoms with E-state index in [1.807, 2.05) is 55.5 Å². The van der Waals surface area contributed by atoms with Crippen molar-refractivity contribution in [2.45, 2.75) is 13.5 Å². The van der Waals surface area contributed by atoms with Crippen LogP contribution in [0, 0.1) is 18.3 Å². The van der Waals surface area contributed by atoms with Crippen LogP contribution in [0.15, 0.2) is 54.7 Å². The highest BCUT2D eigenvalue weighted by molar-refractivity contribution is 5.79. The predicted molar refractivity (Wildman–Crippen MR) is 82.0 cm³/mol. The second-order valence-electron chi connectivity index (χ2n) is 4.91. The summed E-state index contributed by atoms with van der Waals surface area (Å²) in [4.78, 5) is 4.38. The average Bonchev–Trinajstić information content (AvgIpc) is 2.53. The lowest BCUT2D eigenvalue weighted by Gasteiger charge is -2.09. The quantitative estimate of drug-likeness (QED) is 0.725. The van der Waals surface area contributed by atoms with E-state index in [4.69, 9.17) is 10.00 Å². The Hall–Kier alpha value is -2.86. The number of aromatic nitrogens is 1. The fourth-order valence-corrected chi connectivity index (χ4v) is 2.22. The number of fused-ring (bicyclic) bond motifs is 1. The van der Waals surface area contributed by atoms with Gasteiger partial charge in [-0.1, -0.05) is 24.3 Å². The Labute approximate surface area is 123 Å². The van der Waals surface area contributed by atoms with Crippen LogP contribution in [0.4, 0.5) is 0 Å². The molecule has 0 bridgehead atoms. The first kappa shape index (κ1) is 13.1. The molecule has 0 aliphatic heterocycles. The van der Waals surface area contributed by atoms with Gasteiger partial charge >= 0.3 is 0 Å². The normalized spacial score (nSPS) is 10.3. The number of hydrogen-bond donors (Lipinski definition) is 0. The molecular weight excluding hydrogens is 260 g/mol. The molecule has 1 aromatic heterocycles. The third-order valence-corrected chi connectivity index (χ3v) is 3.43. The van der Waals surface area contributed by atoms with Crippen LogP contribution in [0.1, 0.15) is 16.7 Å². The highest BCUT2D eigenvalue weighted by Gasteiger charge is 2.03. The van der Waals surface area contributed by atoms with E-state index in [-0.39, 0.29) is 0 Å².